The number of aromatic nitrogens is 9. The van der Waals surface area contributed by atoms with E-state index in [0.29, 0.717) is 0 Å². The molecular formula is C74H49N9. The van der Waals surface area contributed by atoms with Crippen LogP contribution in [0.1, 0.15) is 0 Å². The monoisotopic (exact) mass is 1060 g/mol. The molecule has 0 N–H and O–H groups in total. The van der Waals surface area contributed by atoms with Crippen molar-refractivity contribution in [1.29, 1.82) is 0 Å². The first-order valence-corrected chi connectivity index (χ1v) is 27.9. The molecule has 0 radical (unpaired) electrons. The Balaban J connectivity index is 0.000000151. The van der Waals surface area contributed by atoms with Crippen molar-refractivity contribution in [2.45, 2.75) is 0 Å². The van der Waals surface area contributed by atoms with Crippen LogP contribution in [0.3, 0.4) is 0 Å². The number of benzene rings is 11. The Kier molecular flexibility index (Phi) is 11.3. The minimum absolute atomic E-state index is 0.843. The van der Waals surface area contributed by atoms with Crippen molar-refractivity contribution in [3.8, 4) is 62.9 Å². The zero-order chi connectivity index (χ0) is 54.8. The molecule has 0 amide bonds. The van der Waals surface area contributed by atoms with E-state index >= 15 is 0 Å². The second kappa shape index (κ2) is 19.7. The number of para-hydroxylation sites is 13. The van der Waals surface area contributed by atoms with Crippen molar-refractivity contribution >= 4 is 76.7 Å². The lowest BCUT2D eigenvalue weighted by Crippen LogP contribution is -2.02. The highest BCUT2D eigenvalue weighted by atomic mass is 15.1. The predicted octanol–water partition coefficient (Wildman–Crippen LogP) is 18.0. The van der Waals surface area contributed by atoms with Gasteiger partial charge in [-0.3, -0.25) is 22.8 Å². The fraction of sp³-hybridized carbons (Fsp3) is 0. The molecule has 0 fully saturated rings. The van der Waals surface area contributed by atoms with Crippen LogP contribution in [0.25, 0.3) is 140 Å². The third-order valence-electron chi connectivity index (χ3n) is 15.8. The maximum atomic E-state index is 5.28. The van der Waals surface area contributed by atoms with E-state index < -0.39 is 0 Å². The molecule has 0 saturated heterocycles. The number of rotatable bonds is 8. The van der Waals surface area contributed by atoms with Gasteiger partial charge in [0.1, 0.15) is 29.1 Å². The normalized spacial score (nSPS) is 11.6. The molecular weight excluding hydrogens is 1010 g/mol. The van der Waals surface area contributed by atoms with E-state index in [1.165, 1.54) is 43.6 Å². The van der Waals surface area contributed by atoms with Gasteiger partial charge in [0.15, 0.2) is 0 Å². The summed E-state index contributed by atoms with van der Waals surface area (Å²) in [7, 11) is 0. The maximum Gasteiger partial charge on any atom is 0.145 e. The number of hydrogen-bond donors (Lipinski definition) is 0. The summed E-state index contributed by atoms with van der Waals surface area (Å²) in [6.45, 7) is 0. The highest BCUT2D eigenvalue weighted by Crippen LogP contribution is 2.40. The SMILES string of the molecule is c1cc(-n2c3ccccc3c3ccccc32)nc(-n2c3ccccc3c3ccccc32)c1.c1ccc(-n2c(-c3cc(-c4nc5ccccc5n4-c4ccccc4)cc(-c4nc5ccccc5n4-c4ccccc4)c3)nc3ccccc32)cc1. The first-order chi connectivity index (χ1) is 41.2. The summed E-state index contributed by atoms with van der Waals surface area (Å²) < 4.78 is 11.3. The van der Waals surface area contributed by atoms with E-state index in [4.69, 9.17) is 19.9 Å². The van der Waals surface area contributed by atoms with Crippen molar-refractivity contribution < 1.29 is 0 Å². The standard InChI is InChI=1S/C45H30N6.C29H19N3/c1-4-16-34(17-5-1)49-40-25-13-10-22-37(40)46-43(49)31-28-32(44-47-38-23-11-14-26-41(38)50(44)35-18-6-2-7-19-35)30-33(29-31)45-48-39-24-12-15-27-42(39)51(45)36-20-8-3-9-21-36;1-5-14-24-20(10-1)21-11-2-6-15-25(21)31(24)28-18-9-19-29(30-28)32-26-16-7-3-12-22(26)23-13-4-8-17-27(23)32/h1-30H;1-19H. The minimum Gasteiger partial charge on any atom is -0.294 e. The molecule has 11 aromatic carbocycles. The largest absolute Gasteiger partial charge is 0.294 e. The topological polar surface area (TPSA) is 76.2 Å². The van der Waals surface area contributed by atoms with Gasteiger partial charge in [-0.25, -0.2) is 19.9 Å². The van der Waals surface area contributed by atoms with Gasteiger partial charge in [-0.15, -0.1) is 0 Å². The van der Waals surface area contributed by atoms with Gasteiger partial charge in [-0.05, 0) is 127 Å². The van der Waals surface area contributed by atoms with E-state index in [0.717, 1.165) is 96.0 Å². The number of fused-ring (bicyclic) bond motifs is 9. The Morgan fingerprint density at radius 2 is 0.446 bits per heavy atom. The molecule has 17 rings (SSSR count). The van der Waals surface area contributed by atoms with Crippen LogP contribution in [0.4, 0.5) is 0 Å². The molecule has 0 bridgehead atoms. The Hall–Kier alpha value is -11.4. The number of nitrogens with zero attached hydrogens (tertiary/aromatic N) is 9. The van der Waals surface area contributed by atoms with E-state index in [-0.39, 0.29) is 0 Å². The average Bonchev–Trinajstić information content (AvgIpc) is 2.64. The Morgan fingerprint density at radius 1 is 0.193 bits per heavy atom. The van der Waals surface area contributed by atoms with Crippen LogP contribution in [0.2, 0.25) is 0 Å². The quantitative estimate of drug-likeness (QED) is 0.152. The molecule has 0 aliphatic rings. The predicted molar refractivity (Wildman–Crippen MR) is 340 cm³/mol. The Bertz CT molecular complexity index is 4720. The van der Waals surface area contributed by atoms with Crippen LogP contribution in [0.5, 0.6) is 0 Å². The lowest BCUT2D eigenvalue weighted by Gasteiger charge is -2.15. The summed E-state index contributed by atoms with van der Waals surface area (Å²) in [6, 6.07) is 103. The molecule has 0 saturated carbocycles. The lowest BCUT2D eigenvalue weighted by atomic mass is 10.0. The first-order valence-electron chi connectivity index (χ1n) is 27.9. The molecule has 0 aliphatic heterocycles. The van der Waals surface area contributed by atoms with E-state index in [1.807, 2.05) is 36.4 Å². The minimum atomic E-state index is 0.843. The van der Waals surface area contributed by atoms with Crippen LogP contribution in [-0.4, -0.2) is 42.8 Å². The van der Waals surface area contributed by atoms with Crippen molar-refractivity contribution in [1.82, 2.24) is 42.8 Å². The molecule has 9 heteroatoms. The van der Waals surface area contributed by atoms with E-state index in [9.17, 15) is 0 Å². The summed E-state index contributed by atoms with van der Waals surface area (Å²) in [5.74, 6) is 4.37. The second-order valence-corrected chi connectivity index (χ2v) is 20.7. The zero-order valence-electron chi connectivity index (χ0n) is 44.8. The van der Waals surface area contributed by atoms with Crippen molar-refractivity contribution in [3.63, 3.8) is 0 Å². The molecule has 0 unspecified atom stereocenters. The number of imidazole rings is 3. The van der Waals surface area contributed by atoms with Gasteiger partial charge >= 0.3 is 0 Å². The fourth-order valence-electron chi connectivity index (χ4n) is 12.2. The summed E-state index contributed by atoms with van der Waals surface area (Å²) in [4.78, 5) is 21.0. The molecule has 6 aromatic heterocycles. The summed E-state index contributed by atoms with van der Waals surface area (Å²) in [5.41, 5.74) is 16.6. The highest BCUT2D eigenvalue weighted by Gasteiger charge is 2.23. The third kappa shape index (κ3) is 8.01. The summed E-state index contributed by atoms with van der Waals surface area (Å²) >= 11 is 0. The lowest BCUT2D eigenvalue weighted by molar-refractivity contribution is 1.01. The molecule has 0 spiro atoms. The van der Waals surface area contributed by atoms with Crippen molar-refractivity contribution in [2.24, 2.45) is 0 Å². The van der Waals surface area contributed by atoms with Gasteiger partial charge in [0.25, 0.3) is 0 Å². The highest BCUT2D eigenvalue weighted by molar-refractivity contribution is 6.10. The number of hydrogen-bond acceptors (Lipinski definition) is 4. The van der Waals surface area contributed by atoms with Crippen molar-refractivity contribution in [2.75, 3.05) is 0 Å². The maximum absolute atomic E-state index is 5.28. The van der Waals surface area contributed by atoms with E-state index in [2.05, 4.69) is 284 Å². The van der Waals surface area contributed by atoms with Crippen LogP contribution in [-0.2, 0) is 0 Å². The third-order valence-corrected chi connectivity index (χ3v) is 15.8. The molecule has 9 nitrogen and oxygen atoms in total. The molecule has 83 heavy (non-hydrogen) atoms. The van der Waals surface area contributed by atoms with Crippen LogP contribution in [0, 0.1) is 0 Å². The fourth-order valence-corrected chi connectivity index (χ4v) is 12.2. The van der Waals surface area contributed by atoms with Gasteiger partial charge < -0.3 is 0 Å². The van der Waals surface area contributed by atoms with Crippen LogP contribution in [0.15, 0.2) is 297 Å². The average molecular weight is 1060 g/mol. The smallest absolute Gasteiger partial charge is 0.145 e. The van der Waals surface area contributed by atoms with Crippen LogP contribution >= 0.6 is 0 Å². The second-order valence-electron chi connectivity index (χ2n) is 20.7. The number of pyridine rings is 1. The Labute approximate surface area is 477 Å². The zero-order valence-corrected chi connectivity index (χ0v) is 44.8. The van der Waals surface area contributed by atoms with Gasteiger partial charge in [0.05, 0.1) is 55.2 Å². The molecule has 17 aromatic rings. The van der Waals surface area contributed by atoms with Gasteiger partial charge in [-0.1, -0.05) is 170 Å². The van der Waals surface area contributed by atoms with Crippen molar-refractivity contribution in [3.05, 3.63) is 297 Å². The molecule has 0 atom stereocenters. The van der Waals surface area contributed by atoms with Gasteiger partial charge in [-0.2, -0.15) is 0 Å². The van der Waals surface area contributed by atoms with E-state index in [1.54, 1.807) is 0 Å². The van der Waals surface area contributed by atoms with Gasteiger partial charge in [0.2, 0.25) is 0 Å². The molecule has 390 valence electrons. The summed E-state index contributed by atoms with van der Waals surface area (Å²) in [6.07, 6.45) is 0. The molecule has 0 aliphatic carbocycles. The summed E-state index contributed by atoms with van der Waals surface area (Å²) in [5, 5.41) is 4.97. The Morgan fingerprint density at radius 3 is 0.747 bits per heavy atom. The molecule has 6 heterocycles. The van der Waals surface area contributed by atoms with Gasteiger partial charge in [0, 0.05) is 55.3 Å². The van der Waals surface area contributed by atoms with Crippen LogP contribution < -0.4 is 0 Å². The first kappa shape index (κ1) is 47.6.